The smallest absolute Gasteiger partial charge is 0.146 e. The number of anilines is 1. The first kappa shape index (κ1) is 14.4. The van der Waals surface area contributed by atoms with E-state index in [4.69, 9.17) is 11.6 Å². The molecule has 19 heavy (non-hydrogen) atoms. The molecule has 0 aromatic heterocycles. The van der Waals surface area contributed by atoms with Crippen molar-refractivity contribution in [2.24, 2.45) is 0 Å². The zero-order valence-electron chi connectivity index (χ0n) is 10.5. The van der Waals surface area contributed by atoms with Gasteiger partial charge in [0.25, 0.3) is 0 Å². The van der Waals surface area contributed by atoms with E-state index in [1.807, 2.05) is 48.3 Å². The van der Waals surface area contributed by atoms with Gasteiger partial charge in [0.15, 0.2) is 0 Å². The molecule has 0 radical (unpaired) electrons. The van der Waals surface area contributed by atoms with Gasteiger partial charge in [-0.3, -0.25) is 0 Å². The number of hydrogen-bond donors (Lipinski definition) is 0. The molecule has 2 aromatic carbocycles. The van der Waals surface area contributed by atoms with Crippen LogP contribution in [0.15, 0.2) is 42.5 Å². The normalized spacial score (nSPS) is 10.5. The first-order valence-electron chi connectivity index (χ1n) is 5.90. The second kappa shape index (κ2) is 6.40. The second-order valence-electron chi connectivity index (χ2n) is 4.40. The van der Waals surface area contributed by atoms with E-state index in [2.05, 4.69) is 15.9 Å². The first-order valence-corrected chi connectivity index (χ1v) is 7.40. The van der Waals surface area contributed by atoms with Gasteiger partial charge < -0.3 is 4.90 Å². The summed E-state index contributed by atoms with van der Waals surface area (Å²) in [6.45, 7) is 0.641. The number of hydrogen-bond acceptors (Lipinski definition) is 1. The van der Waals surface area contributed by atoms with Crippen LogP contribution in [0.25, 0.3) is 0 Å². The molecule has 0 saturated carbocycles. The van der Waals surface area contributed by atoms with Gasteiger partial charge in [-0.2, -0.15) is 0 Å². The fourth-order valence-electron chi connectivity index (χ4n) is 1.89. The Morgan fingerprint density at radius 2 is 1.74 bits per heavy atom. The highest BCUT2D eigenvalue weighted by Crippen LogP contribution is 2.22. The van der Waals surface area contributed by atoms with E-state index in [0.29, 0.717) is 22.6 Å². The quantitative estimate of drug-likeness (QED) is 0.706. The molecular weight excluding hydrogens is 329 g/mol. The molecule has 0 bridgehead atoms. The largest absolute Gasteiger partial charge is 0.368 e. The maximum absolute atomic E-state index is 14.0. The fraction of sp³-hybridized carbons (Fsp3) is 0.200. The third-order valence-electron chi connectivity index (χ3n) is 2.91. The Balaban J connectivity index is 2.15. The molecule has 0 aliphatic rings. The third-order valence-corrected chi connectivity index (χ3v) is 3.81. The Morgan fingerprint density at radius 1 is 1.11 bits per heavy atom. The maximum atomic E-state index is 14.0. The van der Waals surface area contributed by atoms with Crippen LogP contribution in [0, 0.1) is 5.82 Å². The number of nitrogens with zero attached hydrogens (tertiary/aromatic N) is 1. The minimum Gasteiger partial charge on any atom is -0.368 e. The van der Waals surface area contributed by atoms with E-state index < -0.39 is 0 Å². The van der Waals surface area contributed by atoms with E-state index in [0.717, 1.165) is 11.1 Å². The molecule has 0 fully saturated rings. The van der Waals surface area contributed by atoms with Crippen molar-refractivity contribution in [1.29, 1.82) is 0 Å². The van der Waals surface area contributed by atoms with Crippen LogP contribution in [0.5, 0.6) is 0 Å². The van der Waals surface area contributed by atoms with Crippen molar-refractivity contribution in [1.82, 2.24) is 0 Å². The summed E-state index contributed by atoms with van der Waals surface area (Å²) >= 11 is 9.17. The Hall–Kier alpha value is -1.06. The third kappa shape index (κ3) is 3.71. The minimum atomic E-state index is -0.201. The van der Waals surface area contributed by atoms with Crippen molar-refractivity contribution in [2.45, 2.75) is 11.9 Å². The molecule has 0 amide bonds. The van der Waals surface area contributed by atoms with Crippen molar-refractivity contribution in [3.05, 3.63) is 64.4 Å². The molecule has 0 spiro atoms. The molecule has 0 saturated heterocycles. The topological polar surface area (TPSA) is 3.24 Å². The van der Waals surface area contributed by atoms with Gasteiger partial charge in [0.1, 0.15) is 5.82 Å². The van der Waals surface area contributed by atoms with Gasteiger partial charge in [0.2, 0.25) is 0 Å². The lowest BCUT2D eigenvalue weighted by atomic mass is 10.1. The molecule has 1 nitrogen and oxygen atoms in total. The summed E-state index contributed by atoms with van der Waals surface area (Å²) in [7, 11) is 1.88. The van der Waals surface area contributed by atoms with Crippen LogP contribution >= 0.6 is 27.5 Å². The standard InChI is InChI=1S/C15H14BrClFN/c1-19(10-11-2-5-13(17)6-3-11)15-7-4-12(9-16)8-14(15)18/h2-8H,9-10H2,1H3. The van der Waals surface area contributed by atoms with E-state index in [1.165, 1.54) is 0 Å². The predicted molar refractivity (Wildman–Crippen MR) is 82.6 cm³/mol. The summed E-state index contributed by atoms with van der Waals surface area (Å²) in [5.74, 6) is -0.201. The highest BCUT2D eigenvalue weighted by molar-refractivity contribution is 9.08. The van der Waals surface area contributed by atoms with Crippen molar-refractivity contribution in [2.75, 3.05) is 11.9 Å². The molecular formula is C15H14BrClFN. The van der Waals surface area contributed by atoms with Crippen LogP contribution in [0.4, 0.5) is 10.1 Å². The van der Waals surface area contributed by atoms with Crippen LogP contribution < -0.4 is 4.90 Å². The molecule has 0 N–H and O–H groups in total. The predicted octanol–water partition coefficient (Wildman–Crippen LogP) is 5.01. The number of rotatable bonds is 4. The van der Waals surface area contributed by atoms with Crippen molar-refractivity contribution in [3.8, 4) is 0 Å². The van der Waals surface area contributed by atoms with Gasteiger partial charge in [0.05, 0.1) is 5.69 Å². The lowest BCUT2D eigenvalue weighted by Gasteiger charge is -2.20. The Morgan fingerprint density at radius 3 is 2.32 bits per heavy atom. The molecule has 0 aliphatic carbocycles. The Kier molecular flexibility index (Phi) is 4.83. The Bertz CT molecular complexity index is 557. The first-order chi connectivity index (χ1) is 9.10. The zero-order valence-corrected chi connectivity index (χ0v) is 12.9. The van der Waals surface area contributed by atoms with Crippen LogP contribution in [0.3, 0.4) is 0 Å². The van der Waals surface area contributed by atoms with Crippen LogP contribution in [0.2, 0.25) is 5.02 Å². The monoisotopic (exact) mass is 341 g/mol. The second-order valence-corrected chi connectivity index (χ2v) is 5.40. The Labute approximate surface area is 126 Å². The van der Waals surface area contributed by atoms with E-state index >= 15 is 0 Å². The maximum Gasteiger partial charge on any atom is 0.146 e. The summed E-state index contributed by atoms with van der Waals surface area (Å²) < 4.78 is 14.0. The van der Waals surface area contributed by atoms with Gasteiger partial charge in [-0.05, 0) is 35.4 Å². The van der Waals surface area contributed by atoms with Gasteiger partial charge >= 0.3 is 0 Å². The average molecular weight is 343 g/mol. The van der Waals surface area contributed by atoms with Crippen molar-refractivity contribution < 1.29 is 4.39 Å². The van der Waals surface area contributed by atoms with Gasteiger partial charge in [-0.25, -0.2) is 4.39 Å². The highest BCUT2D eigenvalue weighted by atomic mass is 79.9. The summed E-state index contributed by atoms with van der Waals surface area (Å²) in [4.78, 5) is 1.89. The lowest BCUT2D eigenvalue weighted by molar-refractivity contribution is 0.621. The van der Waals surface area contributed by atoms with E-state index in [1.54, 1.807) is 6.07 Å². The average Bonchev–Trinajstić information content (AvgIpc) is 2.41. The molecule has 0 atom stereocenters. The minimum absolute atomic E-state index is 0.201. The summed E-state index contributed by atoms with van der Waals surface area (Å²) in [6.07, 6.45) is 0. The van der Waals surface area contributed by atoms with Crippen LogP contribution in [0.1, 0.15) is 11.1 Å². The van der Waals surface area contributed by atoms with Crippen molar-refractivity contribution >= 4 is 33.2 Å². The van der Waals surface area contributed by atoms with Gasteiger partial charge in [-0.15, -0.1) is 0 Å². The molecule has 4 heteroatoms. The molecule has 0 aliphatic heterocycles. The molecule has 0 unspecified atom stereocenters. The molecule has 100 valence electrons. The summed E-state index contributed by atoms with van der Waals surface area (Å²) in [5, 5.41) is 1.37. The van der Waals surface area contributed by atoms with E-state index in [9.17, 15) is 4.39 Å². The molecule has 0 heterocycles. The lowest BCUT2D eigenvalue weighted by Crippen LogP contribution is -2.17. The molecule has 2 rings (SSSR count). The summed E-state index contributed by atoms with van der Waals surface area (Å²) in [5.41, 5.74) is 2.62. The summed E-state index contributed by atoms with van der Waals surface area (Å²) in [6, 6.07) is 12.9. The zero-order chi connectivity index (χ0) is 13.8. The van der Waals surface area contributed by atoms with Gasteiger partial charge in [-0.1, -0.05) is 45.7 Å². The molecule has 2 aromatic rings. The highest BCUT2D eigenvalue weighted by Gasteiger charge is 2.08. The fourth-order valence-corrected chi connectivity index (χ4v) is 2.37. The van der Waals surface area contributed by atoms with Gasteiger partial charge in [0, 0.05) is 23.9 Å². The number of benzene rings is 2. The van der Waals surface area contributed by atoms with Crippen LogP contribution in [-0.4, -0.2) is 7.05 Å². The van der Waals surface area contributed by atoms with E-state index in [-0.39, 0.29) is 5.82 Å². The van der Waals surface area contributed by atoms with Crippen LogP contribution in [-0.2, 0) is 11.9 Å². The SMILES string of the molecule is CN(Cc1ccc(Cl)cc1)c1ccc(CBr)cc1F. The van der Waals surface area contributed by atoms with Crippen molar-refractivity contribution in [3.63, 3.8) is 0 Å². The number of alkyl halides is 1. The number of halogens is 3.